The average Bonchev–Trinajstić information content (AvgIpc) is 2.41. The minimum absolute atomic E-state index is 0.226. The lowest BCUT2D eigenvalue weighted by atomic mass is 9.94. The van der Waals surface area contributed by atoms with E-state index in [1.54, 1.807) is 0 Å². The highest BCUT2D eigenvalue weighted by molar-refractivity contribution is 6.25. The summed E-state index contributed by atoms with van der Waals surface area (Å²) in [4.78, 5) is 1.89. The molecule has 17 heavy (non-hydrogen) atoms. The van der Waals surface area contributed by atoms with Gasteiger partial charge in [0.05, 0.1) is 0 Å². The molecule has 1 aliphatic rings. The van der Waals surface area contributed by atoms with Gasteiger partial charge in [-0.25, -0.2) is 0 Å². The van der Waals surface area contributed by atoms with Gasteiger partial charge in [-0.05, 0) is 38.3 Å². The highest BCUT2D eigenvalue weighted by Crippen LogP contribution is 2.38. The maximum atomic E-state index is 12.7. The number of hydrogen-bond donors (Lipinski definition) is 1. The summed E-state index contributed by atoms with van der Waals surface area (Å²) >= 11 is 5.52. The molecular weight excluding hydrogens is 255 g/mol. The Balaban J connectivity index is 2.62. The van der Waals surface area contributed by atoms with Crippen LogP contribution in [0.1, 0.15) is 26.2 Å². The lowest BCUT2D eigenvalue weighted by molar-refractivity contribution is -0.263. The average molecular weight is 272 g/mol. The Morgan fingerprint density at radius 2 is 2.06 bits per heavy atom. The number of aliphatic hydroxyl groups is 1. The quantitative estimate of drug-likeness (QED) is 0.835. The summed E-state index contributed by atoms with van der Waals surface area (Å²) in [7, 11) is 0. The molecule has 0 amide bonds. The third-order valence-electron chi connectivity index (χ3n) is 3.09. The fraction of sp³-hybridized carbons (Fsp3) is 0.818. The molecular formula is C11H17ClF3NO. The van der Waals surface area contributed by atoms with Crippen molar-refractivity contribution in [3.05, 3.63) is 11.1 Å². The Kier molecular flexibility index (Phi) is 4.86. The van der Waals surface area contributed by atoms with Gasteiger partial charge in [0, 0.05) is 18.6 Å². The molecule has 1 rings (SSSR count). The minimum atomic E-state index is -4.54. The van der Waals surface area contributed by atoms with Gasteiger partial charge in [0.15, 0.2) is 5.60 Å². The van der Waals surface area contributed by atoms with Crippen molar-refractivity contribution in [2.75, 3.05) is 19.6 Å². The number of hydrogen-bond acceptors (Lipinski definition) is 2. The molecule has 0 bridgehead atoms. The van der Waals surface area contributed by atoms with Crippen LogP contribution >= 0.6 is 11.6 Å². The summed E-state index contributed by atoms with van der Waals surface area (Å²) in [6.07, 6.45) is -4.70. The van der Waals surface area contributed by atoms with E-state index in [1.165, 1.54) is 5.54 Å². The zero-order chi connectivity index (χ0) is 13.1. The highest BCUT2D eigenvalue weighted by atomic mass is 35.5. The molecule has 0 aromatic heterocycles. The van der Waals surface area contributed by atoms with Crippen molar-refractivity contribution >= 4 is 11.6 Å². The molecule has 0 spiro atoms. The van der Waals surface area contributed by atoms with Crippen LogP contribution in [0.4, 0.5) is 13.2 Å². The molecule has 100 valence electrons. The van der Waals surface area contributed by atoms with Crippen LogP contribution in [-0.2, 0) is 0 Å². The third-order valence-corrected chi connectivity index (χ3v) is 3.47. The lowest BCUT2D eigenvalue weighted by Crippen LogP contribution is -2.45. The highest BCUT2D eigenvalue weighted by Gasteiger charge is 2.53. The molecule has 2 nitrogen and oxygen atoms in total. The summed E-state index contributed by atoms with van der Waals surface area (Å²) in [5.74, 6) is 0. The Hall–Kier alpha value is -0.260. The van der Waals surface area contributed by atoms with Crippen LogP contribution in [0.25, 0.3) is 0 Å². The molecule has 0 radical (unpaired) electrons. The fourth-order valence-electron chi connectivity index (χ4n) is 2.00. The van der Waals surface area contributed by atoms with Crippen molar-refractivity contribution < 1.29 is 18.3 Å². The molecule has 1 aliphatic heterocycles. The standard InChI is InChI=1S/C11H17ClF3NO/c1-9(7-12)8-16-5-2-3-10(17,4-6-16)11(13,14)15/h7,17H,2-6,8H2,1H3. The molecule has 1 unspecified atom stereocenters. The summed E-state index contributed by atoms with van der Waals surface area (Å²) < 4.78 is 38.0. The molecule has 0 aromatic carbocycles. The van der Waals surface area contributed by atoms with E-state index in [2.05, 4.69) is 0 Å². The minimum Gasteiger partial charge on any atom is -0.380 e. The van der Waals surface area contributed by atoms with Crippen LogP contribution in [0.5, 0.6) is 0 Å². The van der Waals surface area contributed by atoms with Crippen molar-refractivity contribution in [3.63, 3.8) is 0 Å². The molecule has 1 atom stereocenters. The molecule has 0 aliphatic carbocycles. The Morgan fingerprint density at radius 3 is 2.59 bits per heavy atom. The van der Waals surface area contributed by atoms with Crippen LogP contribution in [0.2, 0.25) is 0 Å². The Bertz CT molecular complexity index is 293. The number of rotatable bonds is 2. The fourth-order valence-corrected chi connectivity index (χ4v) is 2.07. The van der Waals surface area contributed by atoms with E-state index >= 15 is 0 Å². The van der Waals surface area contributed by atoms with Crippen molar-refractivity contribution in [1.82, 2.24) is 4.90 Å². The first kappa shape index (κ1) is 14.8. The Labute approximate surface area is 104 Å². The van der Waals surface area contributed by atoms with Crippen LogP contribution < -0.4 is 0 Å². The first-order chi connectivity index (χ1) is 7.78. The zero-order valence-electron chi connectivity index (χ0n) is 9.73. The van der Waals surface area contributed by atoms with Gasteiger partial charge in [0.25, 0.3) is 0 Å². The van der Waals surface area contributed by atoms with E-state index in [0.29, 0.717) is 19.5 Å². The monoisotopic (exact) mass is 271 g/mol. The maximum absolute atomic E-state index is 12.7. The predicted octanol–water partition coefficient (Wildman–Crippen LogP) is 2.91. The van der Waals surface area contributed by atoms with Gasteiger partial charge in [-0.15, -0.1) is 0 Å². The van der Waals surface area contributed by atoms with E-state index in [-0.39, 0.29) is 19.4 Å². The molecule has 1 saturated heterocycles. The van der Waals surface area contributed by atoms with Crippen molar-refractivity contribution in [2.24, 2.45) is 0 Å². The molecule has 1 N–H and O–H groups in total. The summed E-state index contributed by atoms with van der Waals surface area (Å²) in [5, 5.41) is 9.60. The zero-order valence-corrected chi connectivity index (χ0v) is 10.5. The molecule has 1 heterocycles. The van der Waals surface area contributed by atoms with Crippen molar-refractivity contribution in [2.45, 2.75) is 38.0 Å². The number of alkyl halides is 3. The maximum Gasteiger partial charge on any atom is 0.417 e. The predicted molar refractivity (Wildman–Crippen MR) is 60.9 cm³/mol. The van der Waals surface area contributed by atoms with E-state index in [4.69, 9.17) is 11.6 Å². The van der Waals surface area contributed by atoms with Crippen LogP contribution in [0, 0.1) is 0 Å². The molecule has 1 fully saturated rings. The second kappa shape index (κ2) is 5.59. The first-order valence-electron chi connectivity index (χ1n) is 5.56. The third kappa shape index (κ3) is 3.86. The van der Waals surface area contributed by atoms with Crippen molar-refractivity contribution in [3.8, 4) is 0 Å². The second-order valence-corrected chi connectivity index (χ2v) is 4.83. The first-order valence-corrected chi connectivity index (χ1v) is 5.99. The number of halogens is 4. The number of likely N-dealkylation sites (tertiary alicyclic amines) is 1. The van der Waals surface area contributed by atoms with Gasteiger partial charge in [-0.3, -0.25) is 4.90 Å². The van der Waals surface area contributed by atoms with E-state index in [0.717, 1.165) is 5.57 Å². The summed E-state index contributed by atoms with van der Waals surface area (Å²) in [6.45, 7) is 3.17. The lowest BCUT2D eigenvalue weighted by Gasteiger charge is -2.29. The topological polar surface area (TPSA) is 23.5 Å². The van der Waals surface area contributed by atoms with Crippen LogP contribution in [-0.4, -0.2) is 41.4 Å². The van der Waals surface area contributed by atoms with E-state index < -0.39 is 11.8 Å². The summed E-state index contributed by atoms with van der Waals surface area (Å²) in [5.41, 5.74) is -0.189. The van der Waals surface area contributed by atoms with Gasteiger partial charge in [-0.1, -0.05) is 11.6 Å². The van der Waals surface area contributed by atoms with Crippen LogP contribution in [0.3, 0.4) is 0 Å². The van der Waals surface area contributed by atoms with Gasteiger partial charge >= 0.3 is 6.18 Å². The van der Waals surface area contributed by atoms with Gasteiger partial charge in [0.1, 0.15) is 0 Å². The van der Waals surface area contributed by atoms with E-state index in [9.17, 15) is 18.3 Å². The van der Waals surface area contributed by atoms with Gasteiger partial charge in [0.2, 0.25) is 0 Å². The van der Waals surface area contributed by atoms with E-state index in [1.807, 2.05) is 11.8 Å². The smallest absolute Gasteiger partial charge is 0.380 e. The van der Waals surface area contributed by atoms with Gasteiger partial charge in [-0.2, -0.15) is 13.2 Å². The van der Waals surface area contributed by atoms with Gasteiger partial charge < -0.3 is 5.11 Å². The molecule has 0 saturated carbocycles. The molecule has 6 heteroatoms. The van der Waals surface area contributed by atoms with Crippen LogP contribution in [0.15, 0.2) is 11.1 Å². The SMILES string of the molecule is CC(=CCl)CN1CCCC(O)(C(F)(F)F)CC1. The number of nitrogens with zero attached hydrogens (tertiary/aromatic N) is 1. The normalized spacial score (nSPS) is 29.2. The van der Waals surface area contributed by atoms with Crippen molar-refractivity contribution in [1.29, 1.82) is 0 Å². The second-order valence-electron chi connectivity index (χ2n) is 4.61. The Morgan fingerprint density at radius 1 is 1.41 bits per heavy atom. The largest absolute Gasteiger partial charge is 0.417 e. The summed E-state index contributed by atoms with van der Waals surface area (Å²) in [6, 6.07) is 0. The molecule has 0 aromatic rings.